The molecule has 0 amide bonds. The summed E-state index contributed by atoms with van der Waals surface area (Å²) in [4.78, 5) is 0. The zero-order valence-electron chi connectivity index (χ0n) is 14.5. The number of nitrogens with one attached hydrogen (secondary N) is 1. The highest BCUT2D eigenvalue weighted by Gasteiger charge is 2.80. The van der Waals surface area contributed by atoms with Crippen molar-refractivity contribution < 1.29 is 9.47 Å². The number of hydrogen-bond acceptors (Lipinski definition) is 6. The summed E-state index contributed by atoms with van der Waals surface area (Å²) in [6.45, 7) is 1.92. The number of rotatable bonds is 1. The lowest BCUT2D eigenvalue weighted by Crippen LogP contribution is -2.60. The lowest BCUT2D eigenvalue weighted by Gasteiger charge is -2.51. The number of nitrogens with zero attached hydrogens (tertiary/aromatic N) is 3. The molecular weight excluding hydrogens is 328 g/mol. The molecular formula is C20H18N4O2. The van der Waals surface area contributed by atoms with Gasteiger partial charge in [0.2, 0.25) is 17.1 Å². The van der Waals surface area contributed by atoms with Gasteiger partial charge in [0, 0.05) is 6.42 Å². The van der Waals surface area contributed by atoms with E-state index in [4.69, 9.17) is 14.9 Å². The van der Waals surface area contributed by atoms with Crippen molar-refractivity contribution in [2.45, 2.75) is 44.5 Å². The van der Waals surface area contributed by atoms with Crippen LogP contribution in [0.1, 0.15) is 42.9 Å². The summed E-state index contributed by atoms with van der Waals surface area (Å²) in [5, 5.41) is 38.8. The van der Waals surface area contributed by atoms with Crippen LogP contribution >= 0.6 is 0 Å². The van der Waals surface area contributed by atoms with E-state index in [9.17, 15) is 15.8 Å². The fourth-order valence-corrected chi connectivity index (χ4v) is 4.99. The molecule has 0 radical (unpaired) electrons. The molecule has 3 aliphatic rings. The Balaban J connectivity index is 2.01. The maximum absolute atomic E-state index is 10.2. The van der Waals surface area contributed by atoms with E-state index in [1.54, 1.807) is 6.07 Å². The molecule has 3 fully saturated rings. The van der Waals surface area contributed by atoms with Gasteiger partial charge in [-0.15, -0.1) is 0 Å². The molecule has 2 bridgehead atoms. The predicted octanol–water partition coefficient (Wildman–Crippen LogP) is 3.50. The predicted molar refractivity (Wildman–Crippen MR) is 90.2 cm³/mol. The molecule has 6 heteroatoms. The molecule has 26 heavy (non-hydrogen) atoms. The molecule has 1 aliphatic carbocycles. The van der Waals surface area contributed by atoms with Crippen LogP contribution in [0, 0.1) is 63.1 Å². The van der Waals surface area contributed by atoms with Gasteiger partial charge in [-0.2, -0.15) is 15.8 Å². The fraction of sp³-hybridized carbons (Fsp3) is 0.500. The lowest BCUT2D eigenvalue weighted by atomic mass is 9.51. The quantitative estimate of drug-likeness (QED) is 0.836. The first-order valence-electron chi connectivity index (χ1n) is 8.76. The van der Waals surface area contributed by atoms with Crippen LogP contribution in [0.4, 0.5) is 0 Å². The van der Waals surface area contributed by atoms with Gasteiger partial charge in [0.05, 0.1) is 24.1 Å². The molecule has 2 saturated heterocycles. The Morgan fingerprint density at radius 1 is 1.15 bits per heavy atom. The number of aryl methyl sites for hydroxylation is 1. The van der Waals surface area contributed by atoms with Crippen molar-refractivity contribution >= 4 is 5.90 Å². The summed E-state index contributed by atoms with van der Waals surface area (Å²) in [6.07, 6.45) is 1.92. The second-order valence-corrected chi connectivity index (χ2v) is 7.40. The Hall–Kier alpha value is -2.88. The molecule has 0 spiro atoms. The monoisotopic (exact) mass is 346 g/mol. The van der Waals surface area contributed by atoms with E-state index in [0.29, 0.717) is 18.4 Å². The minimum absolute atomic E-state index is 0.301. The second-order valence-electron chi connectivity index (χ2n) is 7.40. The summed E-state index contributed by atoms with van der Waals surface area (Å²) in [7, 11) is 0. The van der Waals surface area contributed by atoms with Crippen LogP contribution in [0.3, 0.4) is 0 Å². The van der Waals surface area contributed by atoms with Gasteiger partial charge in [-0.3, -0.25) is 5.41 Å². The number of nitriles is 3. The molecule has 4 unspecified atom stereocenters. The van der Waals surface area contributed by atoms with Crippen LogP contribution in [0.2, 0.25) is 0 Å². The van der Waals surface area contributed by atoms with Crippen molar-refractivity contribution in [2.24, 2.45) is 16.7 Å². The molecule has 6 nitrogen and oxygen atoms in total. The van der Waals surface area contributed by atoms with Crippen LogP contribution in [0.5, 0.6) is 0 Å². The highest BCUT2D eigenvalue weighted by atomic mass is 16.7. The van der Waals surface area contributed by atoms with Crippen LogP contribution in [0.25, 0.3) is 0 Å². The SMILES string of the molecule is Cc1cccc(C2OC34CCCCC3C(C#N)(C(=N)O4)C2(C#N)C#N)c1. The van der Waals surface area contributed by atoms with Crippen molar-refractivity contribution in [3.05, 3.63) is 35.4 Å². The third kappa shape index (κ3) is 1.69. The van der Waals surface area contributed by atoms with Crippen LogP contribution in [-0.2, 0) is 9.47 Å². The van der Waals surface area contributed by atoms with Crippen LogP contribution < -0.4 is 0 Å². The lowest BCUT2D eigenvalue weighted by molar-refractivity contribution is -0.294. The Morgan fingerprint density at radius 2 is 1.92 bits per heavy atom. The Morgan fingerprint density at radius 3 is 2.58 bits per heavy atom. The molecule has 1 aromatic rings. The maximum Gasteiger partial charge on any atom is 0.217 e. The molecule has 2 aliphatic heterocycles. The number of hydrogen-bond donors (Lipinski definition) is 1. The largest absolute Gasteiger partial charge is 0.447 e. The molecule has 130 valence electrons. The van der Waals surface area contributed by atoms with Gasteiger partial charge in [0.15, 0.2) is 5.41 Å². The minimum atomic E-state index is -1.84. The van der Waals surface area contributed by atoms with E-state index in [-0.39, 0.29) is 5.90 Å². The van der Waals surface area contributed by atoms with Crippen molar-refractivity contribution in [1.29, 1.82) is 21.2 Å². The second kappa shape index (κ2) is 5.31. The Bertz CT molecular complexity index is 907. The van der Waals surface area contributed by atoms with Gasteiger partial charge in [-0.1, -0.05) is 36.2 Å². The minimum Gasteiger partial charge on any atom is -0.447 e. The summed E-state index contributed by atoms with van der Waals surface area (Å²) >= 11 is 0. The number of ether oxygens (including phenoxy) is 2. The smallest absolute Gasteiger partial charge is 0.217 e. The van der Waals surface area contributed by atoms with E-state index in [2.05, 4.69) is 18.2 Å². The third-order valence-corrected chi connectivity index (χ3v) is 6.16. The fourth-order valence-electron chi connectivity index (χ4n) is 4.99. The molecule has 1 aromatic carbocycles. The van der Waals surface area contributed by atoms with Gasteiger partial charge < -0.3 is 9.47 Å². The van der Waals surface area contributed by atoms with Crippen molar-refractivity contribution in [3.8, 4) is 18.2 Å². The average Bonchev–Trinajstić information content (AvgIpc) is 2.86. The van der Waals surface area contributed by atoms with Crippen molar-refractivity contribution in [1.82, 2.24) is 0 Å². The molecule has 1 N–H and O–H groups in total. The van der Waals surface area contributed by atoms with Gasteiger partial charge >= 0.3 is 0 Å². The van der Waals surface area contributed by atoms with Gasteiger partial charge in [0.25, 0.3) is 0 Å². The normalized spacial score (nSPS) is 36.8. The van der Waals surface area contributed by atoms with Crippen LogP contribution in [-0.4, -0.2) is 11.7 Å². The average molecular weight is 346 g/mol. The topological polar surface area (TPSA) is 114 Å². The summed E-state index contributed by atoms with van der Waals surface area (Å²) in [5.74, 6) is -1.89. The third-order valence-electron chi connectivity index (χ3n) is 6.16. The Labute approximate surface area is 152 Å². The molecule has 0 aromatic heterocycles. The molecule has 2 heterocycles. The summed E-state index contributed by atoms with van der Waals surface area (Å²) in [5.41, 5.74) is -1.83. The first-order valence-corrected chi connectivity index (χ1v) is 8.76. The molecule has 4 rings (SSSR count). The first-order chi connectivity index (χ1) is 12.5. The summed E-state index contributed by atoms with van der Waals surface area (Å²) < 4.78 is 12.2. The van der Waals surface area contributed by atoms with E-state index < -0.39 is 28.6 Å². The number of benzene rings is 1. The maximum atomic E-state index is 10.2. The molecule has 1 saturated carbocycles. The van der Waals surface area contributed by atoms with E-state index in [0.717, 1.165) is 18.4 Å². The van der Waals surface area contributed by atoms with Crippen LogP contribution in [0.15, 0.2) is 24.3 Å². The Kier molecular flexibility index (Phi) is 3.38. The highest BCUT2D eigenvalue weighted by molar-refractivity contribution is 5.89. The van der Waals surface area contributed by atoms with E-state index in [1.807, 2.05) is 25.1 Å². The van der Waals surface area contributed by atoms with E-state index in [1.165, 1.54) is 0 Å². The van der Waals surface area contributed by atoms with Gasteiger partial charge in [0.1, 0.15) is 6.10 Å². The molecule has 4 atom stereocenters. The first kappa shape index (κ1) is 16.6. The van der Waals surface area contributed by atoms with Gasteiger partial charge in [-0.25, -0.2) is 0 Å². The summed E-state index contributed by atoms with van der Waals surface area (Å²) in [6, 6.07) is 13.8. The van der Waals surface area contributed by atoms with Crippen molar-refractivity contribution in [2.75, 3.05) is 0 Å². The zero-order valence-corrected chi connectivity index (χ0v) is 14.5. The highest BCUT2D eigenvalue weighted by Crippen LogP contribution is 2.69. The zero-order chi connectivity index (χ0) is 18.6. The van der Waals surface area contributed by atoms with E-state index >= 15 is 0 Å². The van der Waals surface area contributed by atoms with Crippen molar-refractivity contribution in [3.63, 3.8) is 0 Å². The van der Waals surface area contributed by atoms with Gasteiger partial charge in [-0.05, 0) is 25.3 Å². The standard InChI is InChI=1S/C20H18N4O2/c1-13-5-4-6-14(9-13)16-18(10-21,11-22)19(12-23)15-7-2-3-8-20(15,25-16)26-17(19)24/h4-6,9,15-16,24H,2-3,7-8H2,1H3.